The van der Waals surface area contributed by atoms with Crippen molar-refractivity contribution in [2.45, 2.75) is 0 Å². The lowest BCUT2D eigenvalue weighted by Gasteiger charge is -1.83. The number of nitrogen functional groups attached to an aromatic ring is 1. The number of carbonyl (C=O) groups is 1. The summed E-state index contributed by atoms with van der Waals surface area (Å²) >= 11 is 1.34. The standard InChI is InChI=1S/C7H6N2O2S/c8-4-2-12-6-3(7(10)11)1-9-5(4)6/h1-2,9H,8H2,(H,10,11). The van der Waals surface area contributed by atoms with E-state index >= 15 is 0 Å². The van der Waals surface area contributed by atoms with Crippen molar-refractivity contribution in [3.8, 4) is 0 Å². The first kappa shape index (κ1) is 7.17. The fraction of sp³-hybridized carbons (Fsp3) is 0. The molecule has 5 heteroatoms. The molecule has 0 spiro atoms. The summed E-state index contributed by atoms with van der Waals surface area (Å²) in [6, 6.07) is 0. The number of hydrogen-bond donors (Lipinski definition) is 3. The summed E-state index contributed by atoms with van der Waals surface area (Å²) in [5.41, 5.74) is 7.18. The topological polar surface area (TPSA) is 79.1 Å². The van der Waals surface area contributed by atoms with E-state index in [1.165, 1.54) is 17.5 Å². The first-order chi connectivity index (χ1) is 5.70. The van der Waals surface area contributed by atoms with Crippen molar-refractivity contribution in [1.29, 1.82) is 0 Å². The van der Waals surface area contributed by atoms with Gasteiger partial charge in [-0.1, -0.05) is 0 Å². The summed E-state index contributed by atoms with van der Waals surface area (Å²) in [6.07, 6.45) is 1.46. The van der Waals surface area contributed by atoms with Gasteiger partial charge in [0.25, 0.3) is 0 Å². The van der Waals surface area contributed by atoms with Gasteiger partial charge in [-0.05, 0) is 0 Å². The Labute approximate surface area is 71.6 Å². The van der Waals surface area contributed by atoms with Gasteiger partial charge in [-0.15, -0.1) is 11.3 Å². The Morgan fingerprint density at radius 3 is 3.08 bits per heavy atom. The predicted octanol–water partition coefficient (Wildman–Crippen LogP) is 1.51. The quantitative estimate of drug-likeness (QED) is 0.625. The van der Waals surface area contributed by atoms with Crippen LogP contribution < -0.4 is 5.73 Å². The highest BCUT2D eigenvalue weighted by Gasteiger charge is 2.13. The van der Waals surface area contributed by atoms with E-state index in [9.17, 15) is 4.79 Å². The van der Waals surface area contributed by atoms with Crippen LogP contribution in [0.1, 0.15) is 10.4 Å². The van der Waals surface area contributed by atoms with E-state index in [-0.39, 0.29) is 5.56 Å². The SMILES string of the molecule is Nc1csc2c(C(=O)O)c[nH]c12. The van der Waals surface area contributed by atoms with Gasteiger partial charge >= 0.3 is 5.97 Å². The predicted molar refractivity (Wildman–Crippen MR) is 47.5 cm³/mol. The molecule has 4 N–H and O–H groups in total. The number of aromatic carboxylic acids is 1. The highest BCUT2D eigenvalue weighted by molar-refractivity contribution is 7.18. The summed E-state index contributed by atoms with van der Waals surface area (Å²) in [5.74, 6) is -0.928. The number of thiophene rings is 1. The molecule has 0 saturated carbocycles. The van der Waals surface area contributed by atoms with Gasteiger partial charge in [0.05, 0.1) is 21.5 Å². The zero-order chi connectivity index (χ0) is 8.72. The molecule has 0 atom stereocenters. The second-order valence-electron chi connectivity index (χ2n) is 2.40. The Balaban J connectivity index is 2.79. The maximum atomic E-state index is 10.6. The van der Waals surface area contributed by atoms with Crippen molar-refractivity contribution in [1.82, 2.24) is 4.98 Å². The molecule has 2 aromatic heterocycles. The monoisotopic (exact) mass is 182 g/mol. The molecule has 0 saturated heterocycles. The lowest BCUT2D eigenvalue weighted by molar-refractivity contribution is 0.0699. The van der Waals surface area contributed by atoms with Gasteiger partial charge in [0.2, 0.25) is 0 Å². The normalized spacial score (nSPS) is 10.7. The molecule has 0 bridgehead atoms. The summed E-state index contributed by atoms with van der Waals surface area (Å²) < 4.78 is 0.708. The number of aromatic amines is 1. The Kier molecular flexibility index (Phi) is 1.34. The van der Waals surface area contributed by atoms with E-state index in [0.717, 1.165) is 5.52 Å². The molecule has 0 aromatic carbocycles. The Bertz CT molecular complexity index is 443. The average molecular weight is 182 g/mol. The van der Waals surface area contributed by atoms with E-state index in [0.29, 0.717) is 10.4 Å². The molecule has 0 aliphatic carbocycles. The van der Waals surface area contributed by atoms with Crippen molar-refractivity contribution >= 4 is 33.2 Å². The zero-order valence-electron chi connectivity index (χ0n) is 6.00. The minimum Gasteiger partial charge on any atom is -0.478 e. The summed E-state index contributed by atoms with van der Waals surface area (Å²) in [4.78, 5) is 13.5. The van der Waals surface area contributed by atoms with Crippen molar-refractivity contribution in [3.05, 3.63) is 17.1 Å². The molecule has 0 unspecified atom stereocenters. The number of nitrogens with two attached hydrogens (primary N) is 1. The molecule has 4 nitrogen and oxygen atoms in total. The second-order valence-corrected chi connectivity index (χ2v) is 3.28. The van der Waals surface area contributed by atoms with Gasteiger partial charge in [0.1, 0.15) is 0 Å². The number of nitrogens with one attached hydrogen (secondary N) is 1. The van der Waals surface area contributed by atoms with E-state index in [2.05, 4.69) is 4.98 Å². The lowest BCUT2D eigenvalue weighted by atomic mass is 10.3. The number of anilines is 1. The van der Waals surface area contributed by atoms with Crippen molar-refractivity contribution < 1.29 is 9.90 Å². The van der Waals surface area contributed by atoms with Crippen LogP contribution in [0.5, 0.6) is 0 Å². The highest BCUT2D eigenvalue weighted by Crippen LogP contribution is 2.29. The molecular formula is C7H6N2O2S. The van der Waals surface area contributed by atoms with Crippen molar-refractivity contribution in [2.24, 2.45) is 0 Å². The number of H-pyrrole nitrogens is 1. The Morgan fingerprint density at radius 2 is 2.42 bits per heavy atom. The summed E-state index contributed by atoms with van der Waals surface area (Å²) in [6.45, 7) is 0. The molecule has 2 aromatic rings. The molecule has 12 heavy (non-hydrogen) atoms. The summed E-state index contributed by atoms with van der Waals surface area (Å²) in [7, 11) is 0. The van der Waals surface area contributed by atoms with E-state index in [1.54, 1.807) is 5.38 Å². The van der Waals surface area contributed by atoms with E-state index < -0.39 is 5.97 Å². The fourth-order valence-electron chi connectivity index (χ4n) is 1.09. The lowest BCUT2D eigenvalue weighted by Crippen LogP contribution is -1.92. The van der Waals surface area contributed by atoms with Gasteiger partial charge in [-0.25, -0.2) is 4.79 Å². The molecule has 0 radical (unpaired) electrons. The zero-order valence-corrected chi connectivity index (χ0v) is 6.81. The van der Waals surface area contributed by atoms with Crippen molar-refractivity contribution in [3.63, 3.8) is 0 Å². The Hall–Kier alpha value is -1.49. The van der Waals surface area contributed by atoms with Gasteiger partial charge in [-0.3, -0.25) is 0 Å². The first-order valence-electron chi connectivity index (χ1n) is 3.27. The third-order valence-electron chi connectivity index (χ3n) is 1.66. The number of rotatable bonds is 1. The molecule has 0 aliphatic heterocycles. The van der Waals surface area contributed by atoms with E-state index in [1.807, 2.05) is 0 Å². The smallest absolute Gasteiger partial charge is 0.338 e. The number of hydrogen-bond acceptors (Lipinski definition) is 3. The highest BCUT2D eigenvalue weighted by atomic mass is 32.1. The first-order valence-corrected chi connectivity index (χ1v) is 4.15. The molecule has 2 heterocycles. The second kappa shape index (κ2) is 2.25. The molecule has 0 aliphatic rings. The van der Waals surface area contributed by atoms with Gasteiger partial charge < -0.3 is 15.8 Å². The van der Waals surface area contributed by atoms with Crippen LogP contribution in [-0.2, 0) is 0 Å². The third-order valence-corrected chi connectivity index (χ3v) is 2.69. The number of fused-ring (bicyclic) bond motifs is 1. The fourth-order valence-corrected chi connectivity index (χ4v) is 2.02. The third kappa shape index (κ3) is 0.799. The van der Waals surface area contributed by atoms with Crippen LogP contribution in [0.4, 0.5) is 5.69 Å². The van der Waals surface area contributed by atoms with Crippen molar-refractivity contribution in [2.75, 3.05) is 5.73 Å². The van der Waals surface area contributed by atoms with Crippen LogP contribution >= 0.6 is 11.3 Å². The average Bonchev–Trinajstić information content (AvgIpc) is 2.53. The van der Waals surface area contributed by atoms with Crippen LogP contribution in [0.2, 0.25) is 0 Å². The van der Waals surface area contributed by atoms with Gasteiger partial charge in [0, 0.05) is 11.6 Å². The van der Waals surface area contributed by atoms with E-state index in [4.69, 9.17) is 10.8 Å². The van der Waals surface area contributed by atoms with Crippen LogP contribution in [-0.4, -0.2) is 16.1 Å². The molecule has 2 rings (SSSR count). The minimum atomic E-state index is -0.928. The maximum Gasteiger partial charge on any atom is 0.338 e. The Morgan fingerprint density at radius 1 is 1.67 bits per heavy atom. The summed E-state index contributed by atoms with van der Waals surface area (Å²) in [5, 5.41) is 10.5. The largest absolute Gasteiger partial charge is 0.478 e. The number of carboxylic acids is 1. The van der Waals surface area contributed by atoms with Crippen LogP contribution in [0.15, 0.2) is 11.6 Å². The minimum absolute atomic E-state index is 0.284. The molecule has 0 fully saturated rings. The maximum absolute atomic E-state index is 10.6. The van der Waals surface area contributed by atoms with Crippen LogP contribution in [0, 0.1) is 0 Å². The van der Waals surface area contributed by atoms with Gasteiger partial charge in [0.15, 0.2) is 0 Å². The van der Waals surface area contributed by atoms with Gasteiger partial charge in [-0.2, -0.15) is 0 Å². The molecular weight excluding hydrogens is 176 g/mol. The molecule has 62 valence electrons. The van der Waals surface area contributed by atoms with Crippen LogP contribution in [0.3, 0.4) is 0 Å². The number of carboxylic acid groups (broad SMARTS) is 1. The molecule has 0 amide bonds. The number of aromatic nitrogens is 1. The van der Waals surface area contributed by atoms with Crippen LogP contribution in [0.25, 0.3) is 10.2 Å².